The van der Waals surface area contributed by atoms with Gasteiger partial charge in [-0.1, -0.05) is 24.3 Å². The molecule has 0 unspecified atom stereocenters. The van der Waals surface area contributed by atoms with Crippen LogP contribution in [0.25, 0.3) is 27.4 Å². The number of anilines is 1. The molecule has 38 heavy (non-hydrogen) atoms. The second kappa shape index (κ2) is 11.0. The number of benzene rings is 1. The van der Waals surface area contributed by atoms with Gasteiger partial charge in [0.05, 0.1) is 16.3 Å². The lowest BCUT2D eigenvalue weighted by molar-refractivity contribution is -0.115. The normalized spacial score (nSPS) is 17.5. The van der Waals surface area contributed by atoms with Crippen LogP contribution in [0.15, 0.2) is 65.1 Å². The zero-order valence-corrected chi connectivity index (χ0v) is 22.2. The van der Waals surface area contributed by atoms with Crippen LogP contribution in [0.3, 0.4) is 0 Å². The number of fused-ring (bicyclic) bond motifs is 1. The minimum absolute atomic E-state index is 0.355. The van der Waals surface area contributed by atoms with Crippen LogP contribution < -0.4 is 15.5 Å². The van der Waals surface area contributed by atoms with Crippen molar-refractivity contribution in [2.24, 2.45) is 5.92 Å². The molecule has 0 spiro atoms. The van der Waals surface area contributed by atoms with E-state index in [1.54, 1.807) is 29.7 Å². The first-order valence-corrected chi connectivity index (χ1v) is 14.3. The SMILES string of the molecule is O=C1NC(=O)/C(=C\c2ccnc(N3CCC(CNCc4cccnc4-c4csc5ccccc45)CC3)n2)S1. The number of carbonyl (C=O) groups is 2. The van der Waals surface area contributed by atoms with Crippen molar-refractivity contribution in [3.05, 3.63) is 76.4 Å². The molecule has 4 aromatic rings. The molecule has 2 amide bonds. The van der Waals surface area contributed by atoms with E-state index in [1.165, 1.54) is 21.2 Å². The van der Waals surface area contributed by atoms with E-state index in [9.17, 15) is 9.59 Å². The Bertz CT molecular complexity index is 1530. The number of piperidine rings is 1. The molecule has 0 saturated carbocycles. The molecule has 2 aliphatic rings. The smallest absolute Gasteiger partial charge is 0.290 e. The monoisotopic (exact) mass is 542 g/mol. The average Bonchev–Trinajstić information content (AvgIpc) is 3.51. The number of thioether (sulfide) groups is 1. The predicted molar refractivity (Wildman–Crippen MR) is 153 cm³/mol. The average molecular weight is 543 g/mol. The van der Waals surface area contributed by atoms with E-state index in [1.807, 2.05) is 12.3 Å². The van der Waals surface area contributed by atoms with Gasteiger partial charge >= 0.3 is 0 Å². The molecule has 2 fully saturated rings. The van der Waals surface area contributed by atoms with E-state index in [4.69, 9.17) is 4.98 Å². The van der Waals surface area contributed by atoms with Gasteiger partial charge in [0.25, 0.3) is 11.1 Å². The number of imide groups is 1. The summed E-state index contributed by atoms with van der Waals surface area (Å²) >= 11 is 2.65. The molecule has 10 heteroatoms. The molecule has 1 aromatic carbocycles. The first-order chi connectivity index (χ1) is 18.6. The Morgan fingerprint density at radius 3 is 2.76 bits per heavy atom. The molecule has 0 radical (unpaired) electrons. The summed E-state index contributed by atoms with van der Waals surface area (Å²) in [5.41, 5.74) is 4.09. The third-order valence-corrected chi connectivity index (χ3v) is 8.63. The van der Waals surface area contributed by atoms with Crippen LogP contribution in [-0.4, -0.2) is 45.7 Å². The predicted octanol–water partition coefficient (Wildman–Crippen LogP) is 5.08. The highest BCUT2D eigenvalue weighted by atomic mass is 32.2. The van der Waals surface area contributed by atoms with Gasteiger partial charge in [-0.3, -0.25) is 19.9 Å². The Labute approximate surface area is 228 Å². The minimum atomic E-state index is -0.379. The molecule has 3 aromatic heterocycles. The van der Waals surface area contributed by atoms with Gasteiger partial charge in [0, 0.05) is 53.1 Å². The summed E-state index contributed by atoms with van der Waals surface area (Å²) in [5.74, 6) is 0.849. The van der Waals surface area contributed by atoms with E-state index < -0.39 is 0 Å². The molecular weight excluding hydrogens is 516 g/mol. The van der Waals surface area contributed by atoms with E-state index in [-0.39, 0.29) is 11.1 Å². The van der Waals surface area contributed by atoms with Crippen LogP contribution >= 0.6 is 23.1 Å². The summed E-state index contributed by atoms with van der Waals surface area (Å²) < 4.78 is 1.28. The van der Waals surface area contributed by atoms with Crippen LogP contribution in [-0.2, 0) is 11.3 Å². The fraction of sp³-hybridized carbons (Fsp3) is 0.250. The quantitative estimate of drug-likeness (QED) is 0.312. The van der Waals surface area contributed by atoms with Gasteiger partial charge in [-0.2, -0.15) is 0 Å². The number of aromatic nitrogens is 3. The largest absolute Gasteiger partial charge is 0.341 e. The van der Waals surface area contributed by atoms with Crippen molar-refractivity contribution in [2.75, 3.05) is 24.5 Å². The van der Waals surface area contributed by atoms with Crippen molar-refractivity contribution >= 4 is 56.4 Å². The molecule has 8 nitrogen and oxygen atoms in total. The highest BCUT2D eigenvalue weighted by Crippen LogP contribution is 2.34. The van der Waals surface area contributed by atoms with Gasteiger partial charge in [0.2, 0.25) is 5.95 Å². The number of thiophene rings is 1. The van der Waals surface area contributed by atoms with Crippen molar-refractivity contribution in [3.63, 3.8) is 0 Å². The highest BCUT2D eigenvalue weighted by molar-refractivity contribution is 8.18. The van der Waals surface area contributed by atoms with Crippen molar-refractivity contribution in [3.8, 4) is 11.3 Å². The Morgan fingerprint density at radius 2 is 1.92 bits per heavy atom. The maximum absolute atomic E-state index is 11.8. The van der Waals surface area contributed by atoms with E-state index in [0.29, 0.717) is 22.5 Å². The Balaban J connectivity index is 1.04. The minimum Gasteiger partial charge on any atom is -0.341 e. The summed E-state index contributed by atoms with van der Waals surface area (Å²) in [7, 11) is 0. The fourth-order valence-electron chi connectivity index (χ4n) is 4.88. The molecule has 5 heterocycles. The number of pyridine rings is 1. The van der Waals surface area contributed by atoms with E-state index in [0.717, 1.165) is 56.5 Å². The molecular formula is C28H26N6O2S2. The number of amides is 2. The number of hydrogen-bond acceptors (Lipinski definition) is 9. The molecule has 2 N–H and O–H groups in total. The standard InChI is InChI=1S/C28H26N6O2S2/c35-26-24(38-28(36)33-26)14-20-7-11-31-27(32-20)34-12-8-18(9-13-34)15-29-16-19-4-3-10-30-25(19)22-17-37-23-6-2-1-5-21(22)23/h1-7,10-11,14,17-18,29H,8-9,12-13,15-16H2,(H,33,35,36)/b24-14+. The van der Waals surface area contributed by atoms with Gasteiger partial charge in [0.1, 0.15) is 0 Å². The Hall–Kier alpha value is -3.60. The maximum Gasteiger partial charge on any atom is 0.290 e. The summed E-state index contributed by atoms with van der Waals surface area (Å²) in [5, 5.41) is 9.05. The number of hydrogen-bond donors (Lipinski definition) is 2. The Morgan fingerprint density at radius 1 is 1.05 bits per heavy atom. The van der Waals surface area contributed by atoms with Crippen molar-refractivity contribution in [2.45, 2.75) is 19.4 Å². The summed E-state index contributed by atoms with van der Waals surface area (Å²) in [6, 6.07) is 14.4. The summed E-state index contributed by atoms with van der Waals surface area (Å²) in [6.07, 6.45) is 7.30. The van der Waals surface area contributed by atoms with Gasteiger partial charge in [0.15, 0.2) is 0 Å². The number of nitrogens with zero attached hydrogens (tertiary/aromatic N) is 4. The maximum atomic E-state index is 11.8. The third-order valence-electron chi connectivity index (χ3n) is 6.86. The second-order valence-corrected chi connectivity index (χ2v) is 11.3. The van der Waals surface area contributed by atoms with E-state index in [2.05, 4.69) is 61.2 Å². The third kappa shape index (κ3) is 5.33. The topological polar surface area (TPSA) is 100 Å². The number of rotatable bonds is 7. The van der Waals surface area contributed by atoms with Crippen LogP contribution in [0.1, 0.15) is 24.1 Å². The molecule has 0 aliphatic carbocycles. The van der Waals surface area contributed by atoms with Crippen LogP contribution in [0.4, 0.5) is 10.7 Å². The molecule has 6 rings (SSSR count). The van der Waals surface area contributed by atoms with Gasteiger partial charge in [-0.25, -0.2) is 9.97 Å². The second-order valence-electron chi connectivity index (χ2n) is 9.35. The lowest BCUT2D eigenvalue weighted by Gasteiger charge is -2.32. The van der Waals surface area contributed by atoms with Gasteiger partial charge < -0.3 is 10.2 Å². The lowest BCUT2D eigenvalue weighted by Crippen LogP contribution is -2.38. The van der Waals surface area contributed by atoms with Crippen molar-refractivity contribution in [1.82, 2.24) is 25.6 Å². The van der Waals surface area contributed by atoms with Crippen molar-refractivity contribution < 1.29 is 9.59 Å². The molecule has 2 saturated heterocycles. The van der Waals surface area contributed by atoms with E-state index >= 15 is 0 Å². The van der Waals surface area contributed by atoms with Crippen molar-refractivity contribution in [1.29, 1.82) is 0 Å². The first-order valence-electron chi connectivity index (χ1n) is 12.6. The van der Waals surface area contributed by atoms with Gasteiger partial charge in [-0.15, -0.1) is 11.3 Å². The van der Waals surface area contributed by atoms with Crippen LogP contribution in [0.5, 0.6) is 0 Å². The van der Waals surface area contributed by atoms with Crippen LogP contribution in [0.2, 0.25) is 0 Å². The summed E-state index contributed by atoms with van der Waals surface area (Å²) in [6.45, 7) is 3.47. The first kappa shape index (κ1) is 24.7. The Kier molecular flexibility index (Phi) is 7.17. The molecule has 192 valence electrons. The molecule has 0 bridgehead atoms. The highest BCUT2D eigenvalue weighted by Gasteiger charge is 2.26. The van der Waals surface area contributed by atoms with Crippen LogP contribution in [0, 0.1) is 5.92 Å². The molecule has 0 atom stereocenters. The number of nitrogens with one attached hydrogen (secondary N) is 2. The molecule has 2 aliphatic heterocycles. The fourth-order valence-corrected chi connectivity index (χ4v) is 6.50. The van der Waals surface area contributed by atoms with Gasteiger partial charge in [-0.05, 0) is 66.9 Å². The lowest BCUT2D eigenvalue weighted by atomic mass is 9.96. The number of carbonyl (C=O) groups excluding carboxylic acids is 2. The zero-order valence-electron chi connectivity index (χ0n) is 20.6. The zero-order chi connectivity index (χ0) is 25.9. The summed E-state index contributed by atoms with van der Waals surface area (Å²) in [4.78, 5) is 39.6.